The van der Waals surface area contributed by atoms with Crippen molar-refractivity contribution in [1.82, 2.24) is 14.3 Å². The summed E-state index contributed by atoms with van der Waals surface area (Å²) >= 11 is 6.30. The number of nitrogens with one attached hydrogen (secondary N) is 1. The van der Waals surface area contributed by atoms with Crippen LogP contribution in [0.5, 0.6) is 0 Å². The van der Waals surface area contributed by atoms with Gasteiger partial charge in [-0.3, -0.25) is 4.79 Å². The molecule has 2 heterocycles. The maximum absolute atomic E-state index is 13.2. The third-order valence-corrected chi connectivity index (χ3v) is 8.09. The van der Waals surface area contributed by atoms with Gasteiger partial charge in [-0.15, -0.1) is 0 Å². The van der Waals surface area contributed by atoms with E-state index in [9.17, 15) is 13.2 Å². The van der Waals surface area contributed by atoms with Crippen molar-refractivity contribution >= 4 is 50.2 Å². The lowest BCUT2D eigenvalue weighted by molar-refractivity contribution is 0.102. The van der Waals surface area contributed by atoms with Crippen molar-refractivity contribution in [2.45, 2.75) is 31.6 Å². The molecule has 0 atom stereocenters. The Labute approximate surface area is 198 Å². The van der Waals surface area contributed by atoms with Crippen molar-refractivity contribution in [3.05, 3.63) is 53.1 Å². The SMILES string of the molecule is CCN(CC)S(=O)(=O)c1ccc(Cl)c(C(=O)Nc2nc3ccccc3nc2N2CCCC2)c1. The zero-order chi connectivity index (χ0) is 23.6. The second-order valence-corrected chi connectivity index (χ2v) is 10.1. The highest BCUT2D eigenvalue weighted by molar-refractivity contribution is 7.89. The van der Waals surface area contributed by atoms with Crippen LogP contribution >= 0.6 is 11.6 Å². The number of carbonyl (C=O) groups is 1. The Balaban J connectivity index is 1.72. The highest BCUT2D eigenvalue weighted by Crippen LogP contribution is 2.29. The number of sulfonamides is 1. The van der Waals surface area contributed by atoms with E-state index in [0.717, 1.165) is 31.4 Å². The Morgan fingerprint density at radius 2 is 1.70 bits per heavy atom. The number of para-hydroxylation sites is 2. The number of anilines is 2. The third-order valence-electron chi connectivity index (χ3n) is 5.72. The van der Waals surface area contributed by atoms with Crippen LogP contribution in [0.4, 0.5) is 11.6 Å². The molecule has 1 aliphatic rings. The monoisotopic (exact) mass is 487 g/mol. The first-order chi connectivity index (χ1) is 15.8. The Morgan fingerprint density at radius 1 is 1.06 bits per heavy atom. The van der Waals surface area contributed by atoms with E-state index in [-0.39, 0.29) is 15.5 Å². The van der Waals surface area contributed by atoms with Gasteiger partial charge in [-0.2, -0.15) is 4.31 Å². The van der Waals surface area contributed by atoms with Gasteiger partial charge in [-0.1, -0.05) is 37.6 Å². The molecule has 1 aromatic heterocycles. The van der Waals surface area contributed by atoms with Gasteiger partial charge in [0, 0.05) is 26.2 Å². The molecule has 0 aliphatic carbocycles. The first kappa shape index (κ1) is 23.4. The Bertz CT molecular complexity index is 1290. The number of carbonyl (C=O) groups excluding carboxylic acids is 1. The lowest BCUT2D eigenvalue weighted by atomic mass is 10.2. The largest absolute Gasteiger partial charge is 0.354 e. The van der Waals surface area contributed by atoms with Gasteiger partial charge in [0.1, 0.15) is 0 Å². The van der Waals surface area contributed by atoms with Gasteiger partial charge in [0.05, 0.1) is 26.5 Å². The maximum Gasteiger partial charge on any atom is 0.258 e. The highest BCUT2D eigenvalue weighted by atomic mass is 35.5. The van der Waals surface area contributed by atoms with Crippen molar-refractivity contribution < 1.29 is 13.2 Å². The lowest BCUT2D eigenvalue weighted by Crippen LogP contribution is -2.30. The fourth-order valence-corrected chi connectivity index (χ4v) is 5.64. The molecule has 1 saturated heterocycles. The van der Waals surface area contributed by atoms with E-state index < -0.39 is 15.9 Å². The van der Waals surface area contributed by atoms with Crippen LogP contribution in [-0.4, -0.2) is 54.8 Å². The summed E-state index contributed by atoms with van der Waals surface area (Å²) in [7, 11) is -3.74. The fourth-order valence-electron chi connectivity index (χ4n) is 3.95. The van der Waals surface area contributed by atoms with E-state index in [1.807, 2.05) is 24.3 Å². The summed E-state index contributed by atoms with van der Waals surface area (Å²) in [5, 5.41) is 2.98. The summed E-state index contributed by atoms with van der Waals surface area (Å²) in [5.41, 5.74) is 1.45. The number of fused-ring (bicyclic) bond motifs is 1. The normalized spacial score (nSPS) is 14.2. The minimum Gasteiger partial charge on any atom is -0.354 e. The van der Waals surface area contributed by atoms with Crippen LogP contribution in [0.2, 0.25) is 5.02 Å². The summed E-state index contributed by atoms with van der Waals surface area (Å²) < 4.78 is 27.2. The van der Waals surface area contributed by atoms with Crippen LogP contribution in [0.3, 0.4) is 0 Å². The molecule has 3 aromatic rings. The molecule has 1 fully saturated rings. The standard InChI is InChI=1S/C23H26ClN5O3S/c1-3-29(4-2)33(31,32)16-11-12-18(24)17(15-16)23(30)27-21-22(28-13-7-8-14-28)26-20-10-6-5-9-19(20)25-21/h5-6,9-12,15H,3-4,7-8,13-14H2,1-2H3,(H,25,27,30). The van der Waals surface area contributed by atoms with E-state index >= 15 is 0 Å². The fraction of sp³-hybridized carbons (Fsp3) is 0.348. The molecule has 1 aliphatic heterocycles. The molecule has 1 N–H and O–H groups in total. The maximum atomic E-state index is 13.2. The molecule has 0 unspecified atom stereocenters. The molecular weight excluding hydrogens is 462 g/mol. The van der Waals surface area contributed by atoms with E-state index in [4.69, 9.17) is 16.6 Å². The lowest BCUT2D eigenvalue weighted by Gasteiger charge is -2.21. The van der Waals surface area contributed by atoms with Gasteiger partial charge in [0.15, 0.2) is 11.6 Å². The van der Waals surface area contributed by atoms with E-state index in [1.54, 1.807) is 13.8 Å². The van der Waals surface area contributed by atoms with Gasteiger partial charge >= 0.3 is 0 Å². The molecule has 0 spiro atoms. The Hall–Kier alpha value is -2.75. The summed E-state index contributed by atoms with van der Waals surface area (Å²) in [4.78, 5) is 24.7. The number of hydrogen-bond donors (Lipinski definition) is 1. The van der Waals surface area contributed by atoms with Gasteiger partial charge in [-0.05, 0) is 43.2 Å². The molecule has 8 nitrogen and oxygen atoms in total. The summed E-state index contributed by atoms with van der Waals surface area (Å²) in [6.07, 6.45) is 2.08. The van der Waals surface area contributed by atoms with Crippen LogP contribution in [-0.2, 0) is 10.0 Å². The van der Waals surface area contributed by atoms with Crippen LogP contribution in [0, 0.1) is 0 Å². The Morgan fingerprint density at radius 3 is 2.33 bits per heavy atom. The minimum atomic E-state index is -3.74. The molecule has 0 radical (unpaired) electrons. The molecular formula is C23H26ClN5O3S. The predicted octanol–water partition coefficient (Wildman–Crippen LogP) is 4.17. The van der Waals surface area contributed by atoms with E-state index in [2.05, 4.69) is 15.2 Å². The summed E-state index contributed by atoms with van der Waals surface area (Å²) in [6, 6.07) is 11.6. The average Bonchev–Trinajstić information content (AvgIpc) is 3.34. The second-order valence-electron chi connectivity index (χ2n) is 7.76. The average molecular weight is 488 g/mol. The number of hydrogen-bond acceptors (Lipinski definition) is 6. The molecule has 0 saturated carbocycles. The van der Waals surface area contributed by atoms with E-state index in [1.165, 1.54) is 22.5 Å². The van der Waals surface area contributed by atoms with Crippen LogP contribution in [0.15, 0.2) is 47.4 Å². The molecule has 174 valence electrons. The first-order valence-corrected chi connectivity index (χ1v) is 12.8. The van der Waals surface area contributed by atoms with Crippen molar-refractivity contribution in [1.29, 1.82) is 0 Å². The molecule has 4 rings (SSSR count). The molecule has 1 amide bonds. The van der Waals surface area contributed by atoms with Crippen LogP contribution in [0.1, 0.15) is 37.0 Å². The van der Waals surface area contributed by atoms with E-state index in [0.29, 0.717) is 30.2 Å². The Kier molecular flexibility index (Phi) is 6.83. The number of rotatable bonds is 7. The molecule has 33 heavy (non-hydrogen) atoms. The molecule has 10 heteroatoms. The highest BCUT2D eigenvalue weighted by Gasteiger charge is 2.25. The van der Waals surface area contributed by atoms with Crippen molar-refractivity contribution in [3.8, 4) is 0 Å². The molecule has 0 bridgehead atoms. The zero-order valence-electron chi connectivity index (χ0n) is 18.6. The summed E-state index contributed by atoms with van der Waals surface area (Å²) in [6.45, 7) is 5.85. The van der Waals surface area contributed by atoms with Gasteiger partial charge in [-0.25, -0.2) is 18.4 Å². The van der Waals surface area contributed by atoms with Crippen molar-refractivity contribution in [3.63, 3.8) is 0 Å². The first-order valence-electron chi connectivity index (χ1n) is 11.0. The van der Waals surface area contributed by atoms with Crippen LogP contribution in [0.25, 0.3) is 11.0 Å². The molecule has 2 aromatic carbocycles. The van der Waals surface area contributed by atoms with Gasteiger partial charge < -0.3 is 10.2 Å². The second kappa shape index (κ2) is 9.62. The number of amides is 1. The van der Waals surface area contributed by atoms with Gasteiger partial charge in [0.25, 0.3) is 5.91 Å². The predicted molar refractivity (Wildman–Crippen MR) is 130 cm³/mol. The number of halogens is 1. The quantitative estimate of drug-likeness (QED) is 0.537. The smallest absolute Gasteiger partial charge is 0.258 e. The number of aromatic nitrogens is 2. The van der Waals surface area contributed by atoms with Crippen molar-refractivity contribution in [2.24, 2.45) is 0 Å². The summed E-state index contributed by atoms with van der Waals surface area (Å²) in [5.74, 6) is 0.387. The topological polar surface area (TPSA) is 95.5 Å². The number of nitrogens with zero attached hydrogens (tertiary/aromatic N) is 4. The van der Waals surface area contributed by atoms with Gasteiger partial charge in [0.2, 0.25) is 10.0 Å². The zero-order valence-corrected chi connectivity index (χ0v) is 20.2. The van der Waals surface area contributed by atoms with Crippen LogP contribution < -0.4 is 10.2 Å². The van der Waals surface area contributed by atoms with Crippen molar-refractivity contribution in [2.75, 3.05) is 36.4 Å². The third kappa shape index (κ3) is 4.66. The minimum absolute atomic E-state index is 0.0186. The number of benzene rings is 2.